The van der Waals surface area contributed by atoms with Gasteiger partial charge in [-0.2, -0.15) is 5.10 Å². The number of ether oxygens (including phenoxy) is 1. The molecule has 1 amide bonds. The van der Waals surface area contributed by atoms with Crippen LogP contribution in [0.5, 0.6) is 5.75 Å². The maximum absolute atomic E-state index is 14.7. The molecule has 0 fully saturated rings. The average molecular weight is 613 g/mol. The van der Waals surface area contributed by atoms with Gasteiger partial charge in [0.05, 0.1) is 23.3 Å². The number of aromatic amines is 2. The highest BCUT2D eigenvalue weighted by atomic mass is 19.1. The largest absolute Gasteiger partial charge is 0.492 e. The van der Waals surface area contributed by atoms with Crippen LogP contribution in [0, 0.1) is 5.82 Å². The average Bonchev–Trinajstić information content (AvgIpc) is 3.69. The smallest absolute Gasteiger partial charge is 0.255 e. The molecule has 2 aromatic carbocycles. The first-order valence-electron chi connectivity index (χ1n) is 14.6. The maximum atomic E-state index is 14.7. The van der Waals surface area contributed by atoms with Crippen LogP contribution in [0.4, 0.5) is 10.1 Å². The Morgan fingerprint density at radius 2 is 1.74 bits per heavy atom. The Morgan fingerprint density at radius 1 is 0.891 bits per heavy atom. The highest BCUT2D eigenvalue weighted by Gasteiger charge is 2.17. The van der Waals surface area contributed by atoms with Gasteiger partial charge in [-0.25, -0.2) is 9.37 Å². The first-order chi connectivity index (χ1) is 22.4. The second-order valence-electron chi connectivity index (χ2n) is 11.1. The van der Waals surface area contributed by atoms with E-state index in [1.807, 2.05) is 61.5 Å². The molecular weight excluding hydrogens is 583 g/mol. The lowest BCUT2D eigenvalue weighted by atomic mass is 10.1. The number of rotatable bonds is 9. The quantitative estimate of drug-likeness (QED) is 0.169. The minimum atomic E-state index is -0.401. The number of amides is 1. The van der Waals surface area contributed by atoms with E-state index in [0.717, 1.165) is 33.1 Å². The molecular formula is C35H29FN8O2. The molecule has 5 aromatic heterocycles. The van der Waals surface area contributed by atoms with E-state index in [1.54, 1.807) is 43.0 Å². The number of halogens is 1. The Labute approximate surface area is 263 Å². The van der Waals surface area contributed by atoms with Crippen molar-refractivity contribution in [3.63, 3.8) is 0 Å². The summed E-state index contributed by atoms with van der Waals surface area (Å²) in [6, 6.07) is 21.3. The van der Waals surface area contributed by atoms with Crippen LogP contribution >= 0.6 is 0 Å². The molecule has 10 nitrogen and oxygen atoms in total. The Hall–Kier alpha value is -5.94. The second-order valence-corrected chi connectivity index (χ2v) is 11.1. The lowest BCUT2D eigenvalue weighted by Gasteiger charge is -2.12. The van der Waals surface area contributed by atoms with Gasteiger partial charge in [-0.15, -0.1) is 0 Å². The zero-order valence-corrected chi connectivity index (χ0v) is 25.1. The van der Waals surface area contributed by atoms with E-state index in [0.29, 0.717) is 52.8 Å². The van der Waals surface area contributed by atoms with E-state index in [-0.39, 0.29) is 5.91 Å². The monoisotopic (exact) mass is 612 g/mol. The molecule has 0 bridgehead atoms. The summed E-state index contributed by atoms with van der Waals surface area (Å²) in [5.41, 5.74) is 6.79. The summed E-state index contributed by atoms with van der Waals surface area (Å²) in [7, 11) is 3.91. The predicted octanol–water partition coefficient (Wildman–Crippen LogP) is 6.56. The fourth-order valence-electron chi connectivity index (χ4n) is 5.27. The number of fused-ring (bicyclic) bond motifs is 2. The first-order valence-corrected chi connectivity index (χ1v) is 14.6. The second kappa shape index (κ2) is 12.2. The molecule has 0 atom stereocenters. The summed E-state index contributed by atoms with van der Waals surface area (Å²) >= 11 is 0. The van der Waals surface area contributed by atoms with Gasteiger partial charge in [-0.05, 0) is 62.6 Å². The van der Waals surface area contributed by atoms with Crippen LogP contribution in [0.2, 0.25) is 0 Å². The summed E-state index contributed by atoms with van der Waals surface area (Å²) in [4.78, 5) is 31.7. The number of aromatic nitrogens is 6. The Morgan fingerprint density at radius 3 is 2.59 bits per heavy atom. The zero-order valence-electron chi connectivity index (χ0n) is 25.1. The van der Waals surface area contributed by atoms with Crippen molar-refractivity contribution in [3.05, 3.63) is 109 Å². The van der Waals surface area contributed by atoms with Gasteiger partial charge in [0.1, 0.15) is 23.9 Å². The van der Waals surface area contributed by atoms with Gasteiger partial charge in [0, 0.05) is 69.7 Å². The van der Waals surface area contributed by atoms with Gasteiger partial charge in [0.25, 0.3) is 5.91 Å². The Bertz CT molecular complexity index is 2190. The van der Waals surface area contributed by atoms with E-state index >= 15 is 0 Å². The Kier molecular flexibility index (Phi) is 7.65. The van der Waals surface area contributed by atoms with Gasteiger partial charge in [-0.3, -0.25) is 19.9 Å². The number of likely N-dealkylation sites (N-methyl/N-ethyl adjacent to an activating group) is 1. The Balaban J connectivity index is 1.21. The van der Waals surface area contributed by atoms with Gasteiger partial charge < -0.3 is 19.9 Å². The number of benzene rings is 2. The third kappa shape index (κ3) is 5.91. The molecule has 3 N–H and O–H groups in total. The number of carbonyl (C=O) groups is 1. The van der Waals surface area contributed by atoms with Crippen molar-refractivity contribution in [1.29, 1.82) is 0 Å². The summed E-state index contributed by atoms with van der Waals surface area (Å²) < 4.78 is 20.5. The molecule has 7 rings (SSSR count). The highest BCUT2D eigenvalue weighted by molar-refractivity contribution is 6.04. The minimum Gasteiger partial charge on any atom is -0.492 e. The fraction of sp³-hybridized carbons (Fsp3) is 0.114. The van der Waals surface area contributed by atoms with Crippen LogP contribution in [0.3, 0.4) is 0 Å². The SMILES string of the molecule is CN(C)CCOc1cc(F)cc(-c2nccc3[nH]c(-c4n[nH]c5ncc(-c6cncc(NC(=O)c7ccccc7)c6)cc45)cc23)c1. The molecule has 7 aromatic rings. The third-order valence-electron chi connectivity index (χ3n) is 7.54. The molecule has 11 heteroatoms. The van der Waals surface area contributed by atoms with Crippen molar-refractivity contribution in [2.45, 2.75) is 0 Å². The number of hydrogen-bond donors (Lipinski definition) is 3. The highest BCUT2D eigenvalue weighted by Crippen LogP contribution is 2.35. The van der Waals surface area contributed by atoms with E-state index < -0.39 is 5.82 Å². The zero-order chi connectivity index (χ0) is 31.6. The van der Waals surface area contributed by atoms with Gasteiger partial charge in [0.2, 0.25) is 0 Å². The molecule has 5 heterocycles. The number of nitrogens with zero attached hydrogens (tertiary/aromatic N) is 5. The molecule has 46 heavy (non-hydrogen) atoms. The van der Waals surface area contributed by atoms with Crippen LogP contribution in [0.25, 0.3) is 55.7 Å². The molecule has 0 unspecified atom stereocenters. The number of carbonyl (C=O) groups excluding carboxylic acids is 1. The molecule has 0 aliphatic heterocycles. The summed E-state index contributed by atoms with van der Waals surface area (Å²) in [5, 5.41) is 12.1. The van der Waals surface area contributed by atoms with Crippen molar-refractivity contribution in [2.75, 3.05) is 32.6 Å². The number of H-pyrrole nitrogens is 2. The lowest BCUT2D eigenvalue weighted by molar-refractivity contribution is 0.102. The minimum absolute atomic E-state index is 0.218. The van der Waals surface area contributed by atoms with Crippen molar-refractivity contribution in [1.82, 2.24) is 35.0 Å². The maximum Gasteiger partial charge on any atom is 0.255 e. The van der Waals surface area contributed by atoms with Crippen LogP contribution in [-0.2, 0) is 0 Å². The van der Waals surface area contributed by atoms with Gasteiger partial charge in [0.15, 0.2) is 5.65 Å². The van der Waals surface area contributed by atoms with Crippen LogP contribution in [-0.4, -0.2) is 68.2 Å². The topological polar surface area (TPSA) is 125 Å². The fourth-order valence-corrected chi connectivity index (χ4v) is 5.27. The molecule has 0 aliphatic carbocycles. The van der Waals surface area contributed by atoms with Crippen LogP contribution < -0.4 is 10.1 Å². The van der Waals surface area contributed by atoms with E-state index in [9.17, 15) is 9.18 Å². The molecule has 0 saturated carbocycles. The molecule has 0 aliphatic rings. The van der Waals surface area contributed by atoms with Crippen molar-refractivity contribution in [3.8, 4) is 39.5 Å². The van der Waals surface area contributed by atoms with E-state index in [4.69, 9.17) is 4.74 Å². The van der Waals surface area contributed by atoms with Crippen molar-refractivity contribution < 1.29 is 13.9 Å². The van der Waals surface area contributed by atoms with E-state index in [1.165, 1.54) is 12.1 Å². The molecule has 0 saturated heterocycles. The molecule has 0 radical (unpaired) electrons. The first kappa shape index (κ1) is 28.8. The number of anilines is 1. The third-order valence-corrected chi connectivity index (χ3v) is 7.54. The number of pyridine rings is 3. The predicted molar refractivity (Wildman–Crippen MR) is 176 cm³/mol. The molecule has 0 spiro atoms. The van der Waals surface area contributed by atoms with Crippen LogP contribution in [0.15, 0.2) is 97.6 Å². The molecule has 228 valence electrons. The van der Waals surface area contributed by atoms with Crippen molar-refractivity contribution >= 4 is 33.5 Å². The van der Waals surface area contributed by atoms with E-state index in [2.05, 4.69) is 35.5 Å². The summed E-state index contributed by atoms with van der Waals surface area (Å²) in [6.45, 7) is 1.15. The van der Waals surface area contributed by atoms with Gasteiger partial charge >= 0.3 is 0 Å². The van der Waals surface area contributed by atoms with Crippen molar-refractivity contribution in [2.24, 2.45) is 0 Å². The lowest BCUT2D eigenvalue weighted by Crippen LogP contribution is -2.19. The number of hydrogen-bond acceptors (Lipinski definition) is 7. The summed E-state index contributed by atoms with van der Waals surface area (Å²) in [6.07, 6.45) is 6.75. The number of nitrogens with one attached hydrogen (secondary N) is 3. The normalized spacial score (nSPS) is 11.4. The van der Waals surface area contributed by atoms with Gasteiger partial charge in [-0.1, -0.05) is 18.2 Å². The van der Waals surface area contributed by atoms with Crippen LogP contribution in [0.1, 0.15) is 10.4 Å². The summed E-state index contributed by atoms with van der Waals surface area (Å²) in [5.74, 6) is -0.173. The standard InChI is InChI=1S/C35H29FN8O2/c1-44(2)10-11-46-27-14-22(12-25(36)16-27)32-28-17-31(41-30(28)8-9-38-32)33-29-15-24(19-39-34(29)43-42-33)23-13-26(20-37-18-23)40-35(45)21-6-4-3-5-7-21/h3-9,12-20,41H,10-11H2,1-2H3,(H,40,45)(H,39,42,43).